The number of thiophene rings is 1. The van der Waals surface area contributed by atoms with Gasteiger partial charge in [0.05, 0.1) is 0 Å². The summed E-state index contributed by atoms with van der Waals surface area (Å²) < 4.78 is 0. The number of nitrogens with one attached hydrogen (secondary N) is 2. The molecule has 4 nitrogen and oxygen atoms in total. The van der Waals surface area contributed by atoms with Crippen LogP contribution < -0.4 is 10.6 Å². The van der Waals surface area contributed by atoms with Crippen LogP contribution in [0.3, 0.4) is 0 Å². The summed E-state index contributed by atoms with van der Waals surface area (Å²) in [6, 6.07) is 9.39. The molecule has 3 amide bonds. The van der Waals surface area contributed by atoms with Crippen molar-refractivity contribution in [3.8, 4) is 11.1 Å². The third-order valence-corrected chi connectivity index (χ3v) is 3.48. The molecule has 5 heteroatoms. The van der Waals surface area contributed by atoms with Crippen molar-refractivity contribution in [2.45, 2.75) is 0 Å². The smallest absolute Gasteiger partial charge is 0.303 e. The van der Waals surface area contributed by atoms with E-state index in [0.29, 0.717) is 0 Å². The van der Waals surface area contributed by atoms with Crippen LogP contribution in [0.15, 0.2) is 46.8 Å². The highest BCUT2D eigenvalue weighted by atomic mass is 32.1. The molecule has 94 valence electrons. The van der Waals surface area contributed by atoms with Crippen LogP contribution >= 0.6 is 11.3 Å². The van der Waals surface area contributed by atoms with Crippen LogP contribution in [0.5, 0.6) is 0 Å². The second kappa shape index (κ2) is 4.70. The van der Waals surface area contributed by atoms with Gasteiger partial charge in [0, 0.05) is 0 Å². The lowest BCUT2D eigenvalue weighted by atomic mass is 10.1. The van der Waals surface area contributed by atoms with Crippen molar-refractivity contribution in [3.63, 3.8) is 0 Å². The number of urea groups is 1. The summed E-state index contributed by atoms with van der Waals surface area (Å²) in [5, 5.41) is 8.74. The highest BCUT2D eigenvalue weighted by Crippen LogP contribution is 2.22. The predicted molar refractivity (Wildman–Crippen MR) is 74.4 cm³/mol. The Morgan fingerprint density at radius 2 is 1.74 bits per heavy atom. The predicted octanol–water partition coefficient (Wildman–Crippen LogP) is 2.60. The van der Waals surface area contributed by atoms with E-state index < -0.39 is 11.9 Å². The molecule has 0 unspecified atom stereocenters. The van der Waals surface area contributed by atoms with E-state index in [-0.39, 0.29) is 5.70 Å². The van der Waals surface area contributed by atoms with E-state index >= 15 is 0 Å². The monoisotopic (exact) mass is 270 g/mol. The largest absolute Gasteiger partial charge is 0.326 e. The van der Waals surface area contributed by atoms with Gasteiger partial charge in [0.1, 0.15) is 5.70 Å². The highest BCUT2D eigenvalue weighted by molar-refractivity contribution is 7.08. The van der Waals surface area contributed by atoms with Gasteiger partial charge >= 0.3 is 6.03 Å². The molecule has 2 N–H and O–H groups in total. The fourth-order valence-electron chi connectivity index (χ4n) is 1.85. The third kappa shape index (κ3) is 2.41. The molecule has 0 saturated carbocycles. The second-order valence-electron chi connectivity index (χ2n) is 4.10. The normalized spacial score (nSPS) is 16.5. The van der Waals surface area contributed by atoms with Gasteiger partial charge in [0.15, 0.2) is 0 Å². The van der Waals surface area contributed by atoms with Crippen molar-refractivity contribution in [3.05, 3.63) is 52.4 Å². The highest BCUT2D eigenvalue weighted by Gasteiger charge is 2.22. The lowest BCUT2D eigenvalue weighted by molar-refractivity contribution is -0.115. The maximum Gasteiger partial charge on any atom is 0.326 e. The number of hydrogen-bond donors (Lipinski definition) is 2. The molecule has 1 saturated heterocycles. The van der Waals surface area contributed by atoms with Gasteiger partial charge in [0.2, 0.25) is 0 Å². The van der Waals surface area contributed by atoms with Crippen molar-refractivity contribution in [1.29, 1.82) is 0 Å². The summed E-state index contributed by atoms with van der Waals surface area (Å²) in [7, 11) is 0. The van der Waals surface area contributed by atoms with Gasteiger partial charge < -0.3 is 5.32 Å². The zero-order valence-corrected chi connectivity index (χ0v) is 10.7. The van der Waals surface area contributed by atoms with Gasteiger partial charge in [-0.25, -0.2) is 4.79 Å². The Balaban J connectivity index is 1.86. The summed E-state index contributed by atoms with van der Waals surface area (Å²) >= 11 is 1.65. The molecule has 1 aliphatic rings. The van der Waals surface area contributed by atoms with E-state index in [9.17, 15) is 9.59 Å². The molecule has 0 atom stereocenters. The van der Waals surface area contributed by atoms with Crippen LogP contribution in [0.25, 0.3) is 17.2 Å². The Morgan fingerprint density at radius 1 is 0.947 bits per heavy atom. The first kappa shape index (κ1) is 11.7. The van der Waals surface area contributed by atoms with E-state index in [1.807, 2.05) is 29.6 Å². The summed E-state index contributed by atoms with van der Waals surface area (Å²) in [6.45, 7) is 0. The van der Waals surface area contributed by atoms with E-state index in [1.54, 1.807) is 17.4 Å². The number of amides is 3. The quantitative estimate of drug-likeness (QED) is 0.651. The van der Waals surface area contributed by atoms with Gasteiger partial charge in [-0.3, -0.25) is 10.1 Å². The van der Waals surface area contributed by atoms with Crippen LogP contribution in [0, 0.1) is 0 Å². The minimum Gasteiger partial charge on any atom is -0.303 e. The Hall–Kier alpha value is -2.40. The Kier molecular flexibility index (Phi) is 2.89. The standard InChI is InChI=1S/C14H10N2O2S/c17-13-12(15-14(18)16-13)7-9-1-3-10(4-2-9)11-5-6-19-8-11/h1-8H,(H2,15,16,17,18)/b12-7-. The van der Waals surface area contributed by atoms with Crippen molar-refractivity contribution in [2.24, 2.45) is 0 Å². The van der Waals surface area contributed by atoms with Crippen molar-refractivity contribution in [2.75, 3.05) is 0 Å². The SMILES string of the molecule is O=C1NC(=O)/C(=C/c2ccc(-c3ccsc3)cc2)N1. The first-order chi connectivity index (χ1) is 9.22. The van der Waals surface area contributed by atoms with Crippen molar-refractivity contribution in [1.82, 2.24) is 10.6 Å². The number of benzene rings is 1. The average Bonchev–Trinajstić information content (AvgIpc) is 3.01. The zero-order valence-electron chi connectivity index (χ0n) is 9.84. The molecule has 2 heterocycles. The zero-order chi connectivity index (χ0) is 13.2. The minimum atomic E-state index is -0.480. The summed E-state index contributed by atoms with van der Waals surface area (Å²) in [5.41, 5.74) is 3.44. The van der Waals surface area contributed by atoms with Crippen molar-refractivity contribution >= 4 is 29.4 Å². The molecule has 0 spiro atoms. The Bertz CT molecular complexity index is 657. The minimum absolute atomic E-state index is 0.272. The van der Waals surface area contributed by atoms with E-state index in [1.165, 1.54) is 5.56 Å². The molecule has 3 rings (SSSR count). The fourth-order valence-corrected chi connectivity index (χ4v) is 2.51. The van der Waals surface area contributed by atoms with Crippen molar-refractivity contribution < 1.29 is 9.59 Å². The van der Waals surface area contributed by atoms with E-state index in [0.717, 1.165) is 11.1 Å². The maximum absolute atomic E-state index is 11.4. The van der Waals surface area contributed by atoms with Crippen LogP contribution in [-0.4, -0.2) is 11.9 Å². The fraction of sp³-hybridized carbons (Fsp3) is 0. The van der Waals surface area contributed by atoms with Gasteiger partial charge in [-0.15, -0.1) is 0 Å². The molecule has 1 aromatic carbocycles. The lowest BCUT2D eigenvalue weighted by Gasteiger charge is -2.00. The molecule has 0 radical (unpaired) electrons. The molecule has 2 aromatic rings. The molecule has 1 aliphatic heterocycles. The second-order valence-corrected chi connectivity index (χ2v) is 4.88. The van der Waals surface area contributed by atoms with Crippen LogP contribution in [0.1, 0.15) is 5.56 Å². The molecular formula is C14H10N2O2S. The number of hydrogen-bond acceptors (Lipinski definition) is 3. The Labute approximate surface area is 113 Å². The molecule has 0 aliphatic carbocycles. The Morgan fingerprint density at radius 3 is 2.32 bits per heavy atom. The molecular weight excluding hydrogens is 260 g/mol. The maximum atomic E-state index is 11.4. The van der Waals surface area contributed by atoms with Gasteiger partial charge in [-0.1, -0.05) is 24.3 Å². The molecule has 0 bridgehead atoms. The first-order valence-electron chi connectivity index (χ1n) is 5.69. The number of carbonyl (C=O) groups excluding carboxylic acids is 2. The van der Waals surface area contributed by atoms with Crippen LogP contribution in [0.2, 0.25) is 0 Å². The summed E-state index contributed by atoms with van der Waals surface area (Å²) in [6.07, 6.45) is 1.65. The number of carbonyl (C=O) groups is 2. The third-order valence-electron chi connectivity index (χ3n) is 2.80. The molecule has 19 heavy (non-hydrogen) atoms. The first-order valence-corrected chi connectivity index (χ1v) is 6.63. The topological polar surface area (TPSA) is 58.2 Å². The van der Waals surface area contributed by atoms with Gasteiger partial charge in [-0.2, -0.15) is 11.3 Å². The van der Waals surface area contributed by atoms with E-state index in [2.05, 4.69) is 22.1 Å². The molecule has 1 aromatic heterocycles. The number of imide groups is 1. The average molecular weight is 270 g/mol. The lowest BCUT2D eigenvalue weighted by Crippen LogP contribution is -2.22. The van der Waals surface area contributed by atoms with Crippen LogP contribution in [0.4, 0.5) is 4.79 Å². The van der Waals surface area contributed by atoms with E-state index in [4.69, 9.17) is 0 Å². The molecule has 1 fully saturated rings. The van der Waals surface area contributed by atoms with Gasteiger partial charge in [-0.05, 0) is 39.6 Å². The number of rotatable bonds is 2. The van der Waals surface area contributed by atoms with Gasteiger partial charge in [0.25, 0.3) is 5.91 Å². The van der Waals surface area contributed by atoms with Crippen LogP contribution in [-0.2, 0) is 4.79 Å². The summed E-state index contributed by atoms with van der Waals surface area (Å²) in [5.74, 6) is -0.396. The summed E-state index contributed by atoms with van der Waals surface area (Å²) in [4.78, 5) is 22.4.